The fourth-order valence-electron chi connectivity index (χ4n) is 4.96. The first kappa shape index (κ1) is 44.2. The van der Waals surface area contributed by atoms with Gasteiger partial charge in [0.05, 0.1) is 42.3 Å². The summed E-state index contributed by atoms with van der Waals surface area (Å²) in [5.74, 6) is -4.76. The van der Waals surface area contributed by atoms with Gasteiger partial charge in [0.15, 0.2) is 0 Å². The highest BCUT2D eigenvalue weighted by atomic mass is 35.5. The van der Waals surface area contributed by atoms with Gasteiger partial charge in [-0.3, -0.25) is 19.0 Å². The number of hydrogen-bond acceptors (Lipinski definition) is 8. The number of sulfonamides is 2. The normalized spacial score (nSPS) is 11.0. The van der Waals surface area contributed by atoms with Gasteiger partial charge >= 0.3 is 11.9 Å². The van der Waals surface area contributed by atoms with Gasteiger partial charge in [-0.15, -0.1) is 0 Å². The maximum absolute atomic E-state index is 13.4. The summed E-state index contributed by atoms with van der Waals surface area (Å²) in [4.78, 5) is 46.1. The zero-order valence-electron chi connectivity index (χ0n) is 30.2. The van der Waals surface area contributed by atoms with Crippen LogP contribution in [0.1, 0.15) is 41.4 Å². The van der Waals surface area contributed by atoms with Crippen LogP contribution >= 0.6 is 23.2 Å². The van der Waals surface area contributed by atoms with E-state index in [1.165, 1.54) is 109 Å². The van der Waals surface area contributed by atoms with Gasteiger partial charge in [0.2, 0.25) is 0 Å². The third-order valence-corrected chi connectivity index (χ3v) is 11.3. The second kappa shape index (κ2) is 18.8. The molecule has 308 valence electrons. The van der Waals surface area contributed by atoms with Crippen molar-refractivity contribution in [1.82, 2.24) is 0 Å². The topological polar surface area (TPSA) is 225 Å². The van der Waals surface area contributed by atoms with Crippen molar-refractivity contribution in [3.63, 3.8) is 0 Å². The summed E-state index contributed by atoms with van der Waals surface area (Å²) in [5, 5.41) is 23.0. The lowest BCUT2D eigenvalue weighted by molar-refractivity contribution is 0.0686. The summed E-state index contributed by atoms with van der Waals surface area (Å²) >= 11 is 12.1. The Kier molecular flexibility index (Phi) is 13.9. The number of carboxylic acids is 2. The average Bonchev–Trinajstić information content (AvgIpc) is 3.20. The largest absolute Gasteiger partial charge is 0.478 e. The first-order valence-electron chi connectivity index (χ1n) is 16.8. The second-order valence-electron chi connectivity index (χ2n) is 12.2. The maximum atomic E-state index is 13.4. The van der Waals surface area contributed by atoms with Crippen LogP contribution < -0.4 is 20.1 Å². The first-order valence-corrected chi connectivity index (χ1v) is 20.5. The van der Waals surface area contributed by atoms with Gasteiger partial charge < -0.3 is 20.8 Å². The SMILES string of the molecule is O=C(O)c1ccc(NC(=O)c2ccc(Cl)c(NS(=O)(=O)c3cccc(F)c3)c2)cc1.O=C(O)c1ccc(NC(=O)c2ccc(Cl)c(NS(=O)(=O)c3cccc(F)c3)c2)cc1. The number of nitrogens with one attached hydrogen (secondary N) is 4. The van der Waals surface area contributed by atoms with Crippen molar-refractivity contribution in [2.45, 2.75) is 9.79 Å². The molecule has 60 heavy (non-hydrogen) atoms. The molecule has 0 spiro atoms. The summed E-state index contributed by atoms with van der Waals surface area (Å²) in [6.45, 7) is 0. The van der Waals surface area contributed by atoms with Crippen molar-refractivity contribution in [2.24, 2.45) is 0 Å². The van der Waals surface area contributed by atoms with Crippen LogP contribution in [0.25, 0.3) is 0 Å². The van der Waals surface area contributed by atoms with Crippen LogP contribution in [0.2, 0.25) is 10.0 Å². The van der Waals surface area contributed by atoms with E-state index in [1.54, 1.807) is 0 Å². The predicted molar refractivity (Wildman–Crippen MR) is 220 cm³/mol. The summed E-state index contributed by atoms with van der Waals surface area (Å²) in [7, 11) is -8.27. The van der Waals surface area contributed by atoms with Crippen LogP contribution in [-0.2, 0) is 20.0 Å². The number of anilines is 4. The predicted octanol–water partition coefficient (Wildman–Crippen LogP) is 8.46. The molecule has 14 nitrogen and oxygen atoms in total. The van der Waals surface area contributed by atoms with E-state index in [9.17, 15) is 44.8 Å². The Morgan fingerprint density at radius 3 is 1.12 bits per heavy atom. The maximum Gasteiger partial charge on any atom is 0.335 e. The highest BCUT2D eigenvalue weighted by molar-refractivity contribution is 7.93. The van der Waals surface area contributed by atoms with E-state index >= 15 is 0 Å². The molecule has 0 aliphatic rings. The molecule has 0 aliphatic carbocycles. The number of carbonyl (C=O) groups is 4. The summed E-state index contributed by atoms with van der Waals surface area (Å²) in [6, 6.07) is 27.8. The minimum atomic E-state index is -4.13. The summed E-state index contributed by atoms with van der Waals surface area (Å²) in [5.41, 5.74) is 0.896. The number of halogens is 4. The monoisotopic (exact) mass is 896 g/mol. The Balaban J connectivity index is 0.000000228. The third-order valence-electron chi connectivity index (χ3n) is 7.94. The average molecular weight is 898 g/mol. The molecule has 0 atom stereocenters. The van der Waals surface area contributed by atoms with E-state index in [4.69, 9.17) is 33.4 Å². The van der Waals surface area contributed by atoms with Gasteiger partial charge in [0, 0.05) is 22.5 Å². The Labute approximate surface area is 350 Å². The zero-order valence-corrected chi connectivity index (χ0v) is 33.3. The molecular weight excluding hydrogens is 869 g/mol. The molecule has 0 heterocycles. The minimum Gasteiger partial charge on any atom is -0.478 e. The van der Waals surface area contributed by atoms with E-state index in [0.29, 0.717) is 11.4 Å². The summed E-state index contributed by atoms with van der Waals surface area (Å²) in [6.07, 6.45) is 0. The van der Waals surface area contributed by atoms with Crippen molar-refractivity contribution in [2.75, 3.05) is 20.1 Å². The quantitative estimate of drug-likeness (QED) is 0.0687. The number of carbonyl (C=O) groups excluding carboxylic acids is 2. The van der Waals surface area contributed by atoms with Gasteiger partial charge in [-0.2, -0.15) is 0 Å². The number of rotatable bonds is 12. The van der Waals surface area contributed by atoms with Crippen molar-refractivity contribution in [1.29, 1.82) is 0 Å². The van der Waals surface area contributed by atoms with Crippen LogP contribution in [0.4, 0.5) is 31.5 Å². The van der Waals surface area contributed by atoms with E-state index in [2.05, 4.69) is 20.1 Å². The van der Waals surface area contributed by atoms with Gasteiger partial charge in [0.1, 0.15) is 11.6 Å². The van der Waals surface area contributed by atoms with E-state index in [0.717, 1.165) is 24.3 Å². The van der Waals surface area contributed by atoms with Gasteiger partial charge in [-0.1, -0.05) is 35.3 Å². The number of aromatic carboxylic acids is 2. The Morgan fingerprint density at radius 2 is 0.800 bits per heavy atom. The number of carboxylic acid groups (broad SMARTS) is 2. The van der Waals surface area contributed by atoms with E-state index < -0.39 is 55.4 Å². The van der Waals surface area contributed by atoms with Crippen molar-refractivity contribution in [3.05, 3.63) is 177 Å². The fraction of sp³-hybridized carbons (Fsp3) is 0. The molecule has 0 fully saturated rings. The number of hydrogen-bond donors (Lipinski definition) is 6. The Morgan fingerprint density at radius 1 is 0.467 bits per heavy atom. The molecule has 2 amide bonds. The van der Waals surface area contributed by atoms with Gasteiger partial charge in [-0.25, -0.2) is 35.2 Å². The fourth-order valence-corrected chi connectivity index (χ4v) is 7.61. The molecule has 6 N–H and O–H groups in total. The van der Waals surface area contributed by atoms with Crippen LogP contribution in [0.3, 0.4) is 0 Å². The molecule has 6 rings (SSSR count). The minimum absolute atomic E-state index is 0.0392. The van der Waals surface area contributed by atoms with E-state index in [-0.39, 0.29) is 53.5 Å². The molecule has 0 saturated carbocycles. The van der Waals surface area contributed by atoms with E-state index in [1.807, 2.05) is 0 Å². The van der Waals surface area contributed by atoms with Crippen LogP contribution in [0, 0.1) is 11.6 Å². The highest BCUT2D eigenvalue weighted by Crippen LogP contribution is 2.28. The highest BCUT2D eigenvalue weighted by Gasteiger charge is 2.20. The molecule has 0 aliphatic heterocycles. The molecule has 0 unspecified atom stereocenters. The lowest BCUT2D eigenvalue weighted by Gasteiger charge is -2.12. The molecule has 20 heteroatoms. The zero-order chi connectivity index (χ0) is 43.8. The van der Waals surface area contributed by atoms with Crippen LogP contribution in [-0.4, -0.2) is 50.8 Å². The Hall–Kier alpha value is -6.86. The number of benzene rings is 6. The molecule has 0 bridgehead atoms. The van der Waals surface area contributed by atoms with Crippen molar-refractivity contribution in [3.8, 4) is 0 Å². The number of amides is 2. The van der Waals surface area contributed by atoms with Crippen LogP contribution in [0.15, 0.2) is 143 Å². The van der Waals surface area contributed by atoms with Gasteiger partial charge in [0.25, 0.3) is 31.9 Å². The third kappa shape index (κ3) is 11.6. The van der Waals surface area contributed by atoms with Crippen molar-refractivity contribution < 1.29 is 55.0 Å². The first-order chi connectivity index (χ1) is 28.3. The molecule has 0 saturated heterocycles. The van der Waals surface area contributed by atoms with Crippen molar-refractivity contribution >= 4 is 89.8 Å². The lowest BCUT2D eigenvalue weighted by atomic mass is 10.1. The lowest BCUT2D eigenvalue weighted by Crippen LogP contribution is -2.15. The van der Waals surface area contributed by atoms with Crippen LogP contribution in [0.5, 0.6) is 0 Å². The smallest absolute Gasteiger partial charge is 0.335 e. The molecule has 6 aromatic carbocycles. The second-order valence-corrected chi connectivity index (χ2v) is 16.4. The molecule has 0 aromatic heterocycles. The molecular formula is C40H28Cl2F2N4O10S2. The summed E-state index contributed by atoms with van der Waals surface area (Å²) < 4.78 is 81.1. The molecule has 6 aromatic rings. The Bertz CT molecular complexity index is 2650. The standard InChI is InChI=1S/2C20H14ClFN2O5S/c2*21-17-9-6-13(19(25)23-15-7-4-12(5-8-15)20(26)27)10-18(17)24-30(28,29)16-3-1-2-14(22)11-16/h2*1-11,24H,(H,23,25)(H,26,27). The van der Waals surface area contributed by atoms with Gasteiger partial charge in [-0.05, 0) is 121 Å². The molecule has 0 radical (unpaired) electrons.